The molecule has 0 fully saturated rings. The summed E-state index contributed by atoms with van der Waals surface area (Å²) in [5.41, 5.74) is 11.5. The van der Waals surface area contributed by atoms with Gasteiger partial charge in [0, 0.05) is 49.6 Å². The van der Waals surface area contributed by atoms with Crippen LogP contribution in [0.25, 0.3) is 78.2 Å². The van der Waals surface area contributed by atoms with Crippen molar-refractivity contribution in [2.24, 2.45) is 0 Å². The Balaban J connectivity index is 1.16. The van der Waals surface area contributed by atoms with Gasteiger partial charge in [-0.3, -0.25) is 4.57 Å². The Kier molecular flexibility index (Phi) is 5.85. The summed E-state index contributed by atoms with van der Waals surface area (Å²) < 4.78 is 4.60. The van der Waals surface area contributed by atoms with E-state index in [1.807, 2.05) is 18.2 Å². The van der Waals surface area contributed by atoms with Crippen molar-refractivity contribution >= 4 is 32.7 Å². The second kappa shape index (κ2) is 10.3. The molecule has 1 aliphatic carbocycles. The molecule has 0 saturated carbocycles. The zero-order valence-electron chi connectivity index (χ0n) is 27.2. The van der Waals surface area contributed by atoms with Gasteiger partial charge in [0.25, 0.3) is 0 Å². The third kappa shape index (κ3) is 4.02. The van der Waals surface area contributed by atoms with Crippen LogP contribution in [0.4, 0.5) is 0 Å². The third-order valence-electron chi connectivity index (χ3n) is 10.2. The Morgan fingerprint density at radius 2 is 0.959 bits per heavy atom. The number of rotatable bonds is 4. The van der Waals surface area contributed by atoms with Crippen molar-refractivity contribution in [3.05, 3.63) is 163 Å². The fourth-order valence-corrected chi connectivity index (χ4v) is 7.95. The third-order valence-corrected chi connectivity index (χ3v) is 10.2. The van der Waals surface area contributed by atoms with Crippen LogP contribution in [0.1, 0.15) is 25.1 Å². The zero-order chi connectivity index (χ0) is 32.7. The summed E-state index contributed by atoms with van der Waals surface area (Å²) in [5, 5.41) is 3.62. The molecular formula is C44H31N5. The van der Waals surface area contributed by atoms with Crippen LogP contribution < -0.4 is 0 Å². The molecule has 0 atom stereocenters. The maximum atomic E-state index is 5.16. The predicted molar refractivity (Wildman–Crippen MR) is 199 cm³/mol. The minimum Gasteiger partial charge on any atom is -0.312 e. The molecule has 0 aliphatic heterocycles. The van der Waals surface area contributed by atoms with E-state index in [0.29, 0.717) is 17.6 Å². The first-order valence-corrected chi connectivity index (χ1v) is 16.7. The maximum absolute atomic E-state index is 5.16. The van der Waals surface area contributed by atoms with E-state index in [0.717, 1.165) is 27.8 Å². The van der Waals surface area contributed by atoms with Crippen molar-refractivity contribution in [3.63, 3.8) is 0 Å². The van der Waals surface area contributed by atoms with Gasteiger partial charge in [-0.05, 0) is 53.6 Å². The number of hydrogen-bond donors (Lipinski definition) is 0. The fraction of sp³-hybridized carbons (Fsp3) is 0.0682. The highest BCUT2D eigenvalue weighted by atomic mass is 15.2. The zero-order valence-corrected chi connectivity index (χ0v) is 27.2. The second-order valence-corrected chi connectivity index (χ2v) is 13.3. The Morgan fingerprint density at radius 3 is 1.61 bits per heavy atom. The van der Waals surface area contributed by atoms with Crippen molar-refractivity contribution in [2.75, 3.05) is 0 Å². The van der Waals surface area contributed by atoms with E-state index in [1.165, 1.54) is 44.1 Å². The van der Waals surface area contributed by atoms with Gasteiger partial charge in [-0.25, -0.2) is 4.98 Å². The standard InChI is InChI=1S/C44H31N5/c1-44(2)35-20-10-6-18-33(35)39-34-19-9-13-23-38(34)48(40(39)44)30-26-24-29(25-27-30)42-45-41(28-14-4-3-5-15-28)46-43(47-42)49-36-21-11-7-16-31(36)32-17-8-12-22-37(32)49/h3-27H,1-2H3. The van der Waals surface area contributed by atoms with E-state index >= 15 is 0 Å². The van der Waals surface area contributed by atoms with Crippen molar-refractivity contribution in [2.45, 2.75) is 19.3 Å². The molecular weight excluding hydrogens is 599 g/mol. The summed E-state index contributed by atoms with van der Waals surface area (Å²) in [5.74, 6) is 1.87. The molecule has 0 unspecified atom stereocenters. The molecule has 5 nitrogen and oxygen atoms in total. The van der Waals surface area contributed by atoms with E-state index in [4.69, 9.17) is 15.0 Å². The fourth-order valence-electron chi connectivity index (χ4n) is 7.95. The van der Waals surface area contributed by atoms with Crippen LogP contribution >= 0.6 is 0 Å². The van der Waals surface area contributed by atoms with Crippen LogP contribution in [-0.4, -0.2) is 24.1 Å². The molecule has 3 aromatic heterocycles. The van der Waals surface area contributed by atoms with Gasteiger partial charge in [-0.15, -0.1) is 0 Å². The lowest BCUT2D eigenvalue weighted by Gasteiger charge is -2.24. The summed E-state index contributed by atoms with van der Waals surface area (Å²) in [4.78, 5) is 15.3. The normalized spacial score (nSPS) is 13.3. The Bertz CT molecular complexity index is 2680. The van der Waals surface area contributed by atoms with Gasteiger partial charge in [0.1, 0.15) is 0 Å². The Hall–Kier alpha value is -6.33. The van der Waals surface area contributed by atoms with Crippen LogP contribution in [0, 0.1) is 0 Å². The minimum atomic E-state index is -0.153. The molecule has 49 heavy (non-hydrogen) atoms. The summed E-state index contributed by atoms with van der Waals surface area (Å²) in [7, 11) is 0. The largest absolute Gasteiger partial charge is 0.312 e. The van der Waals surface area contributed by atoms with Gasteiger partial charge in [-0.1, -0.05) is 123 Å². The summed E-state index contributed by atoms with van der Waals surface area (Å²) >= 11 is 0. The number of aromatic nitrogens is 5. The first kappa shape index (κ1) is 27.8. The molecule has 5 heteroatoms. The highest BCUT2D eigenvalue weighted by Gasteiger charge is 2.40. The first-order chi connectivity index (χ1) is 24.1. The molecule has 1 aliphatic rings. The van der Waals surface area contributed by atoms with E-state index < -0.39 is 0 Å². The average Bonchev–Trinajstić information content (AvgIpc) is 3.76. The number of para-hydroxylation sites is 3. The summed E-state index contributed by atoms with van der Waals surface area (Å²) in [6.45, 7) is 4.68. The quantitative estimate of drug-likeness (QED) is 0.195. The lowest BCUT2D eigenvalue weighted by Crippen LogP contribution is -2.19. The topological polar surface area (TPSA) is 48.5 Å². The van der Waals surface area contributed by atoms with Crippen molar-refractivity contribution < 1.29 is 0 Å². The predicted octanol–water partition coefficient (Wildman–Crippen LogP) is 10.6. The average molecular weight is 630 g/mol. The molecule has 6 aromatic carbocycles. The molecule has 3 heterocycles. The van der Waals surface area contributed by atoms with Gasteiger partial charge in [0.05, 0.1) is 16.6 Å². The highest BCUT2D eigenvalue weighted by Crippen LogP contribution is 2.53. The molecule has 232 valence electrons. The monoisotopic (exact) mass is 629 g/mol. The molecule has 0 N–H and O–H groups in total. The van der Waals surface area contributed by atoms with E-state index in [1.54, 1.807) is 0 Å². The smallest absolute Gasteiger partial charge is 0.238 e. The van der Waals surface area contributed by atoms with Gasteiger partial charge < -0.3 is 4.57 Å². The first-order valence-electron chi connectivity index (χ1n) is 16.7. The van der Waals surface area contributed by atoms with Crippen LogP contribution in [0.15, 0.2) is 152 Å². The minimum absolute atomic E-state index is 0.153. The molecule has 0 spiro atoms. The SMILES string of the molecule is CC1(C)c2ccccc2-c2c1n(-c1ccc(-c3nc(-c4ccccc4)nc(-n4c5ccccc5c5ccccc54)n3)cc1)c1ccccc21. The number of fused-ring (bicyclic) bond motifs is 8. The van der Waals surface area contributed by atoms with Gasteiger partial charge in [0.2, 0.25) is 5.95 Å². The molecule has 0 saturated heterocycles. The molecule has 0 radical (unpaired) electrons. The number of nitrogens with zero attached hydrogens (tertiary/aromatic N) is 5. The highest BCUT2D eigenvalue weighted by molar-refractivity contribution is 6.09. The summed E-state index contributed by atoms with van der Waals surface area (Å²) in [6, 6.07) is 53.3. The molecule has 10 rings (SSSR count). The second-order valence-electron chi connectivity index (χ2n) is 13.3. The lowest BCUT2D eigenvalue weighted by atomic mass is 9.85. The van der Waals surface area contributed by atoms with Gasteiger partial charge in [-0.2, -0.15) is 9.97 Å². The van der Waals surface area contributed by atoms with Gasteiger partial charge in [0.15, 0.2) is 11.6 Å². The molecule has 0 amide bonds. The van der Waals surface area contributed by atoms with Crippen molar-refractivity contribution in [1.29, 1.82) is 0 Å². The van der Waals surface area contributed by atoms with Crippen molar-refractivity contribution in [1.82, 2.24) is 24.1 Å². The molecule has 9 aromatic rings. The van der Waals surface area contributed by atoms with Gasteiger partial charge >= 0.3 is 0 Å². The van der Waals surface area contributed by atoms with Crippen LogP contribution in [-0.2, 0) is 5.41 Å². The Labute approximate surface area is 283 Å². The summed E-state index contributed by atoms with van der Waals surface area (Å²) in [6.07, 6.45) is 0. The number of benzene rings is 6. The van der Waals surface area contributed by atoms with Crippen LogP contribution in [0.5, 0.6) is 0 Å². The van der Waals surface area contributed by atoms with E-state index in [9.17, 15) is 0 Å². The number of hydrogen-bond acceptors (Lipinski definition) is 3. The van der Waals surface area contributed by atoms with E-state index in [2.05, 4.69) is 156 Å². The van der Waals surface area contributed by atoms with Crippen LogP contribution in [0.3, 0.4) is 0 Å². The van der Waals surface area contributed by atoms with Crippen molar-refractivity contribution in [3.8, 4) is 45.5 Å². The molecule has 0 bridgehead atoms. The Morgan fingerprint density at radius 1 is 0.449 bits per heavy atom. The van der Waals surface area contributed by atoms with Crippen LogP contribution in [0.2, 0.25) is 0 Å². The van der Waals surface area contributed by atoms with E-state index in [-0.39, 0.29) is 5.41 Å². The lowest BCUT2D eigenvalue weighted by molar-refractivity contribution is 0.624. The maximum Gasteiger partial charge on any atom is 0.238 e.